The zero-order valence-corrected chi connectivity index (χ0v) is 16.9. The minimum atomic E-state index is -4.40. The maximum Gasteiger partial charge on any atom is 0.416 e. The summed E-state index contributed by atoms with van der Waals surface area (Å²) >= 11 is 6.02. The van der Waals surface area contributed by atoms with Crippen LogP contribution in [-0.4, -0.2) is 10.9 Å². The van der Waals surface area contributed by atoms with E-state index in [2.05, 4.69) is 10.3 Å². The molecular weight excluding hydrogens is 427 g/mol. The molecule has 0 aliphatic carbocycles. The fourth-order valence-electron chi connectivity index (χ4n) is 2.99. The number of alkyl halides is 3. The lowest BCUT2D eigenvalue weighted by molar-refractivity contribution is -0.137. The summed E-state index contributed by atoms with van der Waals surface area (Å²) in [5.74, 6) is -0.582. The number of primary amides is 1. The first-order valence-electron chi connectivity index (χ1n) is 9.32. The van der Waals surface area contributed by atoms with Crippen molar-refractivity contribution in [3.8, 4) is 0 Å². The predicted octanol–water partition coefficient (Wildman–Crippen LogP) is 5.32. The van der Waals surface area contributed by atoms with Crippen LogP contribution in [0, 0.1) is 0 Å². The first kappa shape index (κ1) is 22.5. The van der Waals surface area contributed by atoms with Gasteiger partial charge >= 0.3 is 6.18 Å². The van der Waals surface area contributed by atoms with Gasteiger partial charge < -0.3 is 5.73 Å². The second kappa shape index (κ2) is 9.76. The van der Waals surface area contributed by atoms with Gasteiger partial charge in [-0.25, -0.2) is 4.98 Å². The van der Waals surface area contributed by atoms with Gasteiger partial charge in [-0.05, 0) is 35.4 Å². The molecular formula is C23H19ClF3N3O. The largest absolute Gasteiger partial charge is 0.416 e. The molecule has 0 aliphatic heterocycles. The van der Waals surface area contributed by atoms with Crippen LogP contribution in [0.4, 0.5) is 13.2 Å². The lowest BCUT2D eigenvalue weighted by Crippen LogP contribution is -2.35. The lowest BCUT2D eigenvalue weighted by Gasteiger charge is -2.22. The number of nitrogens with zero attached hydrogens (tertiary/aromatic N) is 1. The van der Waals surface area contributed by atoms with Crippen molar-refractivity contribution in [1.82, 2.24) is 10.3 Å². The molecule has 1 amide bonds. The Morgan fingerprint density at radius 2 is 1.68 bits per heavy atom. The number of carbonyl (C=O) groups is 1. The van der Waals surface area contributed by atoms with Gasteiger partial charge in [-0.2, -0.15) is 13.2 Å². The normalized spacial score (nSPS) is 13.8. The maximum atomic E-state index is 12.8. The maximum absolute atomic E-state index is 12.8. The minimum Gasteiger partial charge on any atom is -0.368 e. The Labute approximate surface area is 182 Å². The molecule has 8 heteroatoms. The van der Waals surface area contributed by atoms with Crippen LogP contribution < -0.4 is 11.1 Å². The number of benzene rings is 2. The third-order valence-corrected chi connectivity index (χ3v) is 4.75. The van der Waals surface area contributed by atoms with Crippen LogP contribution in [-0.2, 0) is 11.0 Å². The number of aromatic nitrogens is 1. The summed E-state index contributed by atoms with van der Waals surface area (Å²) in [6, 6.07) is 17.3. The molecule has 3 aromatic rings. The molecule has 0 saturated carbocycles. The third-order valence-electron chi connectivity index (χ3n) is 4.54. The molecule has 3 rings (SSSR count). The van der Waals surface area contributed by atoms with Crippen LogP contribution in [0.25, 0.3) is 6.08 Å². The van der Waals surface area contributed by atoms with E-state index in [1.807, 2.05) is 6.07 Å². The van der Waals surface area contributed by atoms with Crippen LogP contribution in [0.3, 0.4) is 0 Å². The molecule has 2 aromatic carbocycles. The van der Waals surface area contributed by atoms with Gasteiger partial charge in [-0.3, -0.25) is 10.1 Å². The molecule has 0 unspecified atom stereocenters. The van der Waals surface area contributed by atoms with Crippen LogP contribution in [0.1, 0.15) is 34.5 Å². The smallest absolute Gasteiger partial charge is 0.368 e. The number of nitrogens with one attached hydrogen (secondary N) is 1. The standard InChI is InChI=1S/C23H19ClF3N3O/c24-20-8-4-7-18(29-20)19(30-21(22(28)31)16-5-2-1-3-6-16)14-11-15-9-12-17(13-10-15)23(25,26)27/h1-14,19,21,30H,(H2,28,31)/b14-11+/t19-,21+/m0/s1. The van der Waals surface area contributed by atoms with Crippen molar-refractivity contribution < 1.29 is 18.0 Å². The van der Waals surface area contributed by atoms with E-state index in [0.29, 0.717) is 16.8 Å². The van der Waals surface area contributed by atoms with Crippen LogP contribution in [0.15, 0.2) is 78.9 Å². The summed E-state index contributed by atoms with van der Waals surface area (Å²) < 4.78 is 38.3. The van der Waals surface area contributed by atoms with E-state index < -0.39 is 29.7 Å². The highest BCUT2D eigenvalue weighted by atomic mass is 35.5. The first-order chi connectivity index (χ1) is 14.7. The Hall–Kier alpha value is -3.16. The number of nitrogens with two attached hydrogens (primary N) is 1. The fraction of sp³-hybridized carbons (Fsp3) is 0.130. The van der Waals surface area contributed by atoms with Crippen molar-refractivity contribution in [2.45, 2.75) is 18.3 Å². The van der Waals surface area contributed by atoms with Crippen LogP contribution >= 0.6 is 11.6 Å². The van der Waals surface area contributed by atoms with E-state index in [9.17, 15) is 18.0 Å². The Morgan fingerprint density at radius 1 is 1.00 bits per heavy atom. The molecule has 1 aromatic heterocycles. The van der Waals surface area contributed by atoms with Crippen molar-refractivity contribution in [1.29, 1.82) is 0 Å². The highest BCUT2D eigenvalue weighted by molar-refractivity contribution is 6.29. The second-order valence-corrected chi connectivity index (χ2v) is 7.14. The van der Waals surface area contributed by atoms with Gasteiger partial charge in [0.1, 0.15) is 11.2 Å². The molecule has 0 aliphatic rings. The number of hydrogen-bond donors (Lipinski definition) is 2. The zero-order chi connectivity index (χ0) is 22.4. The average molecular weight is 446 g/mol. The summed E-state index contributed by atoms with van der Waals surface area (Å²) in [6.07, 6.45) is -1.06. The lowest BCUT2D eigenvalue weighted by atomic mass is 10.0. The van der Waals surface area contributed by atoms with Crippen molar-refractivity contribution in [2.24, 2.45) is 5.73 Å². The number of rotatable bonds is 7. The molecule has 4 nitrogen and oxygen atoms in total. The summed E-state index contributed by atoms with van der Waals surface area (Å²) in [4.78, 5) is 16.4. The molecule has 0 saturated heterocycles. The summed E-state index contributed by atoms with van der Waals surface area (Å²) in [5, 5.41) is 3.42. The van der Waals surface area contributed by atoms with E-state index in [1.54, 1.807) is 54.6 Å². The molecule has 2 atom stereocenters. The molecule has 3 N–H and O–H groups in total. The number of amides is 1. The topological polar surface area (TPSA) is 68.0 Å². The minimum absolute atomic E-state index is 0.266. The van der Waals surface area contributed by atoms with Crippen molar-refractivity contribution in [3.05, 3.63) is 106 Å². The average Bonchev–Trinajstić information content (AvgIpc) is 2.74. The van der Waals surface area contributed by atoms with Gasteiger partial charge in [-0.1, -0.05) is 72.3 Å². The van der Waals surface area contributed by atoms with Crippen molar-refractivity contribution in [3.63, 3.8) is 0 Å². The van der Waals surface area contributed by atoms with Gasteiger partial charge in [0.05, 0.1) is 17.3 Å². The quantitative estimate of drug-likeness (QED) is 0.483. The molecule has 0 bridgehead atoms. The van der Waals surface area contributed by atoms with Crippen LogP contribution in [0.2, 0.25) is 5.15 Å². The van der Waals surface area contributed by atoms with E-state index in [1.165, 1.54) is 12.1 Å². The Balaban J connectivity index is 1.91. The molecule has 0 radical (unpaired) electrons. The van der Waals surface area contributed by atoms with Gasteiger partial charge in [0.25, 0.3) is 0 Å². The third kappa shape index (κ3) is 6.16. The van der Waals surface area contributed by atoms with E-state index in [-0.39, 0.29) is 5.15 Å². The predicted molar refractivity (Wildman–Crippen MR) is 114 cm³/mol. The molecule has 0 fully saturated rings. The second-order valence-electron chi connectivity index (χ2n) is 6.75. The Kier molecular flexibility index (Phi) is 7.09. The number of halogens is 4. The van der Waals surface area contributed by atoms with E-state index >= 15 is 0 Å². The molecule has 0 spiro atoms. The molecule has 160 valence electrons. The Morgan fingerprint density at radius 3 is 2.26 bits per heavy atom. The van der Waals surface area contributed by atoms with Gasteiger partial charge in [0, 0.05) is 0 Å². The highest BCUT2D eigenvalue weighted by Gasteiger charge is 2.29. The summed E-state index contributed by atoms with van der Waals surface area (Å²) in [7, 11) is 0. The molecule has 1 heterocycles. The van der Waals surface area contributed by atoms with Crippen LogP contribution in [0.5, 0.6) is 0 Å². The fourth-order valence-corrected chi connectivity index (χ4v) is 3.17. The van der Waals surface area contributed by atoms with E-state index in [0.717, 1.165) is 12.1 Å². The highest BCUT2D eigenvalue weighted by Crippen LogP contribution is 2.29. The van der Waals surface area contributed by atoms with E-state index in [4.69, 9.17) is 17.3 Å². The summed E-state index contributed by atoms with van der Waals surface area (Å²) in [6.45, 7) is 0. The number of hydrogen-bond acceptors (Lipinski definition) is 3. The van der Waals surface area contributed by atoms with Gasteiger partial charge in [-0.15, -0.1) is 0 Å². The SMILES string of the molecule is NC(=O)[C@H](N[C@@H](/C=C/c1ccc(C(F)(F)F)cc1)c1cccc(Cl)n1)c1ccccc1. The monoisotopic (exact) mass is 445 g/mol. The van der Waals surface area contributed by atoms with Crippen molar-refractivity contribution in [2.75, 3.05) is 0 Å². The van der Waals surface area contributed by atoms with Crippen molar-refractivity contribution >= 4 is 23.6 Å². The van der Waals surface area contributed by atoms with Gasteiger partial charge in [0.15, 0.2) is 0 Å². The first-order valence-corrected chi connectivity index (χ1v) is 9.70. The number of pyridine rings is 1. The zero-order valence-electron chi connectivity index (χ0n) is 16.2. The molecule has 31 heavy (non-hydrogen) atoms. The van der Waals surface area contributed by atoms with Gasteiger partial charge in [0.2, 0.25) is 5.91 Å². The summed E-state index contributed by atoms with van der Waals surface area (Å²) in [5.41, 5.74) is 6.63. The number of carbonyl (C=O) groups excluding carboxylic acids is 1. The Bertz CT molecular complexity index is 1050.